The number of aryl methyl sites for hydroxylation is 2. The summed E-state index contributed by atoms with van der Waals surface area (Å²) in [6.07, 6.45) is 2.92. The molecule has 3 rings (SSSR count). The van der Waals surface area contributed by atoms with Crippen molar-refractivity contribution in [2.75, 3.05) is 20.3 Å². The number of carbonyl (C=O) groups is 1. The Morgan fingerprint density at radius 1 is 1.43 bits per heavy atom. The third-order valence-corrected chi connectivity index (χ3v) is 4.28. The van der Waals surface area contributed by atoms with Crippen LogP contribution < -0.4 is 0 Å². The zero-order valence-corrected chi connectivity index (χ0v) is 13.8. The van der Waals surface area contributed by atoms with Crippen molar-refractivity contribution in [2.45, 2.75) is 32.9 Å². The van der Waals surface area contributed by atoms with Crippen molar-refractivity contribution >= 4 is 5.91 Å². The van der Waals surface area contributed by atoms with Gasteiger partial charge < -0.3 is 14.2 Å². The number of amides is 1. The lowest BCUT2D eigenvalue weighted by molar-refractivity contribution is -0.133. The highest BCUT2D eigenvalue weighted by molar-refractivity contribution is 5.77. The summed E-state index contributed by atoms with van der Waals surface area (Å²) in [7, 11) is 3.55. The number of methoxy groups -OCH3 is 1. The van der Waals surface area contributed by atoms with Crippen molar-refractivity contribution in [2.24, 2.45) is 7.05 Å². The van der Waals surface area contributed by atoms with Gasteiger partial charge in [0, 0.05) is 51.5 Å². The first-order valence-electron chi connectivity index (χ1n) is 7.85. The first kappa shape index (κ1) is 15.7. The molecule has 1 amide bonds. The van der Waals surface area contributed by atoms with Crippen LogP contribution in [-0.4, -0.2) is 55.6 Å². The fourth-order valence-electron chi connectivity index (χ4n) is 3.00. The Hall–Kier alpha value is -2.22. The van der Waals surface area contributed by atoms with Crippen molar-refractivity contribution < 1.29 is 9.53 Å². The minimum Gasteiger partial charge on any atom is -0.384 e. The third kappa shape index (κ3) is 2.86. The zero-order chi connectivity index (χ0) is 16.4. The van der Waals surface area contributed by atoms with Crippen LogP contribution >= 0.6 is 0 Å². The topological polar surface area (TPSA) is 78.1 Å². The fraction of sp³-hybridized carbons (Fsp3) is 0.600. The first-order chi connectivity index (χ1) is 11.2. The van der Waals surface area contributed by atoms with Gasteiger partial charge in [-0.05, 0) is 6.92 Å². The van der Waals surface area contributed by atoms with Crippen LogP contribution in [0.2, 0.25) is 0 Å². The lowest BCUT2D eigenvalue weighted by Crippen LogP contribution is -2.36. The largest absolute Gasteiger partial charge is 0.384 e. The SMILES string of the molecule is CCn1cnnc1-c1nn(C)c2c1CN(C(=O)CCOC)CC2. The van der Waals surface area contributed by atoms with Gasteiger partial charge in [0.2, 0.25) is 5.91 Å². The van der Waals surface area contributed by atoms with Gasteiger partial charge in [0.1, 0.15) is 12.0 Å². The van der Waals surface area contributed by atoms with E-state index < -0.39 is 0 Å². The second-order valence-corrected chi connectivity index (χ2v) is 5.65. The van der Waals surface area contributed by atoms with Crippen LogP contribution in [0.25, 0.3) is 11.5 Å². The number of fused-ring (bicyclic) bond motifs is 1. The predicted molar refractivity (Wildman–Crippen MR) is 83.5 cm³/mol. The Bertz CT molecular complexity index is 705. The molecule has 3 heterocycles. The van der Waals surface area contributed by atoms with E-state index in [1.54, 1.807) is 13.4 Å². The highest BCUT2D eigenvalue weighted by atomic mass is 16.5. The Morgan fingerprint density at radius 2 is 2.26 bits per heavy atom. The van der Waals surface area contributed by atoms with E-state index in [1.165, 1.54) is 5.69 Å². The molecule has 0 bridgehead atoms. The Labute approximate surface area is 135 Å². The highest BCUT2D eigenvalue weighted by Crippen LogP contribution is 2.28. The molecule has 8 heteroatoms. The van der Waals surface area contributed by atoms with E-state index in [0.29, 0.717) is 19.6 Å². The second-order valence-electron chi connectivity index (χ2n) is 5.65. The second kappa shape index (κ2) is 6.49. The summed E-state index contributed by atoms with van der Waals surface area (Å²) in [5.41, 5.74) is 3.07. The average Bonchev–Trinajstić information content (AvgIpc) is 3.16. The number of nitrogens with zero attached hydrogens (tertiary/aromatic N) is 6. The maximum atomic E-state index is 12.3. The van der Waals surface area contributed by atoms with Gasteiger partial charge in [-0.15, -0.1) is 10.2 Å². The van der Waals surface area contributed by atoms with E-state index in [0.717, 1.165) is 36.6 Å². The molecule has 0 N–H and O–H groups in total. The summed E-state index contributed by atoms with van der Waals surface area (Å²) in [6.45, 7) is 4.56. The van der Waals surface area contributed by atoms with Crippen molar-refractivity contribution in [1.82, 2.24) is 29.4 Å². The van der Waals surface area contributed by atoms with Gasteiger partial charge in [-0.2, -0.15) is 5.10 Å². The van der Waals surface area contributed by atoms with Gasteiger partial charge in [0.15, 0.2) is 5.82 Å². The van der Waals surface area contributed by atoms with E-state index in [2.05, 4.69) is 15.3 Å². The molecule has 0 aromatic carbocycles. The molecule has 2 aromatic heterocycles. The van der Waals surface area contributed by atoms with Crippen LogP contribution in [0.3, 0.4) is 0 Å². The summed E-state index contributed by atoms with van der Waals surface area (Å²) in [4.78, 5) is 14.2. The fourth-order valence-corrected chi connectivity index (χ4v) is 3.00. The third-order valence-electron chi connectivity index (χ3n) is 4.28. The highest BCUT2D eigenvalue weighted by Gasteiger charge is 2.28. The lowest BCUT2D eigenvalue weighted by Gasteiger charge is -2.27. The maximum Gasteiger partial charge on any atom is 0.225 e. The number of aromatic nitrogens is 5. The molecule has 0 radical (unpaired) electrons. The summed E-state index contributed by atoms with van der Waals surface area (Å²) < 4.78 is 8.87. The number of hydrogen-bond acceptors (Lipinski definition) is 5. The van der Waals surface area contributed by atoms with Crippen LogP contribution in [0.15, 0.2) is 6.33 Å². The van der Waals surface area contributed by atoms with Crippen LogP contribution in [0, 0.1) is 0 Å². The number of ether oxygens (including phenoxy) is 1. The van der Waals surface area contributed by atoms with Gasteiger partial charge in [0.05, 0.1) is 13.0 Å². The Balaban J connectivity index is 1.91. The summed E-state index contributed by atoms with van der Waals surface area (Å²) in [6, 6.07) is 0. The quantitative estimate of drug-likeness (QED) is 0.807. The Morgan fingerprint density at radius 3 is 3.00 bits per heavy atom. The lowest BCUT2D eigenvalue weighted by atomic mass is 10.0. The molecule has 0 saturated carbocycles. The van der Waals surface area contributed by atoms with Gasteiger partial charge in [-0.1, -0.05) is 0 Å². The molecule has 23 heavy (non-hydrogen) atoms. The molecule has 0 fully saturated rings. The molecule has 0 spiro atoms. The van der Waals surface area contributed by atoms with Gasteiger partial charge in [-0.25, -0.2) is 0 Å². The van der Waals surface area contributed by atoms with Crippen LogP contribution in [0.4, 0.5) is 0 Å². The first-order valence-corrected chi connectivity index (χ1v) is 7.85. The van der Waals surface area contributed by atoms with Gasteiger partial charge >= 0.3 is 0 Å². The van der Waals surface area contributed by atoms with Gasteiger partial charge in [0.25, 0.3) is 0 Å². The summed E-state index contributed by atoms with van der Waals surface area (Å²) in [5, 5.41) is 12.8. The predicted octanol–water partition coefficient (Wildman–Crippen LogP) is 0.620. The molecular weight excluding hydrogens is 296 g/mol. The summed E-state index contributed by atoms with van der Waals surface area (Å²) in [5.74, 6) is 0.875. The van der Waals surface area contributed by atoms with Crippen LogP contribution in [-0.2, 0) is 36.1 Å². The molecule has 1 aliphatic heterocycles. The average molecular weight is 318 g/mol. The molecule has 8 nitrogen and oxygen atoms in total. The molecule has 124 valence electrons. The van der Waals surface area contributed by atoms with E-state index >= 15 is 0 Å². The van der Waals surface area contributed by atoms with Gasteiger partial charge in [-0.3, -0.25) is 9.48 Å². The standard InChI is InChI=1S/C15H22N6O2/c1-4-20-10-16-17-15(20)14-11-9-21(13(22)6-8-23-3)7-5-12(11)19(2)18-14/h10H,4-9H2,1-3H3. The van der Waals surface area contributed by atoms with Crippen molar-refractivity contribution in [1.29, 1.82) is 0 Å². The molecule has 0 aliphatic carbocycles. The normalized spacial score (nSPS) is 14.1. The smallest absolute Gasteiger partial charge is 0.225 e. The molecule has 2 aromatic rings. The van der Waals surface area contributed by atoms with Crippen LogP contribution in [0.1, 0.15) is 24.6 Å². The van der Waals surface area contributed by atoms with E-state index in [4.69, 9.17) is 4.74 Å². The minimum atomic E-state index is 0.115. The summed E-state index contributed by atoms with van der Waals surface area (Å²) >= 11 is 0. The van der Waals surface area contributed by atoms with Crippen LogP contribution in [0.5, 0.6) is 0 Å². The molecule has 1 aliphatic rings. The zero-order valence-electron chi connectivity index (χ0n) is 13.8. The maximum absolute atomic E-state index is 12.3. The van der Waals surface area contributed by atoms with E-state index in [9.17, 15) is 4.79 Å². The molecule has 0 unspecified atom stereocenters. The molecular formula is C15H22N6O2. The van der Waals surface area contributed by atoms with Crippen molar-refractivity contribution in [3.05, 3.63) is 17.6 Å². The van der Waals surface area contributed by atoms with Crippen molar-refractivity contribution in [3.8, 4) is 11.5 Å². The molecule has 0 atom stereocenters. The Kier molecular flexibility index (Phi) is 4.42. The monoisotopic (exact) mass is 318 g/mol. The minimum absolute atomic E-state index is 0.115. The number of rotatable bonds is 5. The molecule has 0 saturated heterocycles. The number of carbonyl (C=O) groups excluding carboxylic acids is 1. The van der Waals surface area contributed by atoms with Crippen molar-refractivity contribution in [3.63, 3.8) is 0 Å². The number of hydrogen-bond donors (Lipinski definition) is 0. The van der Waals surface area contributed by atoms with E-state index in [-0.39, 0.29) is 5.91 Å². The van der Waals surface area contributed by atoms with E-state index in [1.807, 2.05) is 28.1 Å².